The zero-order valence-corrected chi connectivity index (χ0v) is 15.5. The van der Waals surface area contributed by atoms with Crippen LogP contribution < -0.4 is 0 Å². The van der Waals surface area contributed by atoms with E-state index in [-0.39, 0.29) is 5.41 Å². The van der Waals surface area contributed by atoms with Gasteiger partial charge in [0.05, 0.1) is 11.4 Å². The van der Waals surface area contributed by atoms with Crippen LogP contribution in [-0.2, 0) is 5.41 Å². The molecule has 0 unspecified atom stereocenters. The van der Waals surface area contributed by atoms with Gasteiger partial charge in [0.25, 0.3) is 0 Å². The molecule has 0 saturated carbocycles. The summed E-state index contributed by atoms with van der Waals surface area (Å²) >= 11 is 0. The topological polar surface area (TPSA) is 12.4 Å². The van der Waals surface area contributed by atoms with Crippen molar-refractivity contribution < 1.29 is 0 Å². The first-order chi connectivity index (χ1) is 11.9. The lowest BCUT2D eigenvalue weighted by molar-refractivity contribution is 0.591. The Morgan fingerprint density at radius 3 is 1.72 bits per heavy atom. The summed E-state index contributed by atoms with van der Waals surface area (Å²) in [5, 5.41) is 0. The monoisotopic (exact) mass is 327 g/mol. The molecule has 25 heavy (non-hydrogen) atoms. The van der Waals surface area contributed by atoms with E-state index in [1.807, 2.05) is 12.1 Å². The van der Waals surface area contributed by atoms with Gasteiger partial charge in [-0.2, -0.15) is 0 Å². The van der Waals surface area contributed by atoms with Crippen molar-refractivity contribution in [2.45, 2.75) is 33.1 Å². The van der Waals surface area contributed by atoms with Crippen LogP contribution in [0.25, 0.3) is 0 Å². The van der Waals surface area contributed by atoms with Crippen molar-refractivity contribution in [2.24, 2.45) is 4.99 Å². The summed E-state index contributed by atoms with van der Waals surface area (Å²) in [4.78, 5) is 5.14. The molecular formula is C24H25N. The zero-order chi connectivity index (χ0) is 17.9. The molecule has 3 rings (SSSR count). The van der Waals surface area contributed by atoms with Crippen LogP contribution in [0.5, 0.6) is 0 Å². The predicted molar refractivity (Wildman–Crippen MR) is 108 cm³/mol. The zero-order valence-electron chi connectivity index (χ0n) is 15.5. The molecule has 0 fully saturated rings. The lowest BCUT2D eigenvalue weighted by atomic mass is 9.85. The highest BCUT2D eigenvalue weighted by Crippen LogP contribution is 2.33. The lowest BCUT2D eigenvalue weighted by Gasteiger charge is -2.22. The van der Waals surface area contributed by atoms with E-state index in [9.17, 15) is 0 Å². The summed E-state index contributed by atoms with van der Waals surface area (Å²) in [7, 11) is 0. The molecule has 0 aliphatic carbocycles. The van der Waals surface area contributed by atoms with Gasteiger partial charge >= 0.3 is 0 Å². The van der Waals surface area contributed by atoms with Crippen LogP contribution in [0.1, 0.15) is 43.0 Å². The summed E-state index contributed by atoms with van der Waals surface area (Å²) in [6.45, 7) is 8.83. The molecule has 0 N–H and O–H groups in total. The highest BCUT2D eigenvalue weighted by atomic mass is 14.8. The van der Waals surface area contributed by atoms with Gasteiger partial charge in [-0.25, -0.2) is 4.99 Å². The van der Waals surface area contributed by atoms with E-state index >= 15 is 0 Å². The fraction of sp³-hybridized carbons (Fsp3) is 0.208. The molecule has 0 spiro atoms. The van der Waals surface area contributed by atoms with Gasteiger partial charge in [-0.15, -0.1) is 0 Å². The minimum Gasteiger partial charge on any atom is -0.247 e. The molecule has 0 atom stereocenters. The fourth-order valence-corrected chi connectivity index (χ4v) is 2.98. The number of aliphatic imine (C=N–C) groups is 1. The Kier molecular flexibility index (Phi) is 4.85. The Labute approximate surface area is 151 Å². The van der Waals surface area contributed by atoms with E-state index in [0.29, 0.717) is 0 Å². The van der Waals surface area contributed by atoms with Crippen molar-refractivity contribution >= 4 is 11.4 Å². The predicted octanol–water partition coefficient (Wildman–Crippen LogP) is 6.46. The second-order valence-electron chi connectivity index (χ2n) is 7.46. The van der Waals surface area contributed by atoms with E-state index in [4.69, 9.17) is 4.99 Å². The lowest BCUT2D eigenvalue weighted by Crippen LogP contribution is -2.12. The summed E-state index contributed by atoms with van der Waals surface area (Å²) in [5.41, 5.74) is 6.87. The Bertz CT molecular complexity index is 827. The second kappa shape index (κ2) is 7.06. The van der Waals surface area contributed by atoms with Crippen LogP contribution in [0.2, 0.25) is 0 Å². The average Bonchev–Trinajstić information content (AvgIpc) is 2.60. The van der Waals surface area contributed by atoms with E-state index < -0.39 is 0 Å². The van der Waals surface area contributed by atoms with E-state index in [1.54, 1.807) is 0 Å². The first kappa shape index (κ1) is 17.2. The third-order valence-corrected chi connectivity index (χ3v) is 4.29. The van der Waals surface area contributed by atoms with Gasteiger partial charge in [-0.1, -0.05) is 93.6 Å². The van der Waals surface area contributed by atoms with Gasteiger partial charge in [-0.3, -0.25) is 0 Å². The maximum atomic E-state index is 5.14. The highest BCUT2D eigenvalue weighted by molar-refractivity contribution is 6.14. The first-order valence-corrected chi connectivity index (χ1v) is 8.76. The van der Waals surface area contributed by atoms with Crippen molar-refractivity contribution in [2.75, 3.05) is 0 Å². The van der Waals surface area contributed by atoms with Crippen LogP contribution in [0.4, 0.5) is 5.69 Å². The molecule has 3 aromatic rings. The van der Waals surface area contributed by atoms with Crippen molar-refractivity contribution in [3.63, 3.8) is 0 Å². The minimum atomic E-state index is 0.0466. The van der Waals surface area contributed by atoms with E-state index in [0.717, 1.165) is 22.5 Å². The Hall–Kier alpha value is -2.67. The third-order valence-electron chi connectivity index (χ3n) is 4.29. The molecule has 0 amide bonds. The minimum absolute atomic E-state index is 0.0466. The molecule has 0 heterocycles. The summed E-state index contributed by atoms with van der Waals surface area (Å²) in [6.07, 6.45) is 0. The highest BCUT2D eigenvalue weighted by Gasteiger charge is 2.18. The van der Waals surface area contributed by atoms with Gasteiger partial charge in [0.2, 0.25) is 0 Å². The number of rotatable bonds is 3. The van der Waals surface area contributed by atoms with Gasteiger partial charge < -0.3 is 0 Å². The molecule has 1 nitrogen and oxygen atoms in total. The molecule has 0 bridgehead atoms. The number of hydrogen-bond acceptors (Lipinski definition) is 1. The maximum absolute atomic E-state index is 5.14. The normalized spacial score (nSPS) is 11.2. The summed E-state index contributed by atoms with van der Waals surface area (Å²) < 4.78 is 0. The van der Waals surface area contributed by atoms with E-state index in [2.05, 4.69) is 94.4 Å². The fourth-order valence-electron chi connectivity index (χ4n) is 2.98. The molecule has 0 aliphatic heterocycles. The number of hydrogen-bond donors (Lipinski definition) is 0. The number of nitrogens with zero attached hydrogens (tertiary/aromatic N) is 1. The average molecular weight is 327 g/mol. The SMILES string of the molecule is Cc1ccc(C(C)(C)C)c(N=C(c2ccccc2)c2ccccc2)c1. The van der Waals surface area contributed by atoms with Crippen LogP contribution in [0.15, 0.2) is 83.9 Å². The van der Waals surface area contributed by atoms with Gasteiger partial charge in [-0.05, 0) is 29.5 Å². The molecule has 3 aromatic carbocycles. The molecule has 0 aliphatic rings. The van der Waals surface area contributed by atoms with Gasteiger partial charge in [0.1, 0.15) is 0 Å². The van der Waals surface area contributed by atoms with Gasteiger partial charge in [0.15, 0.2) is 0 Å². The first-order valence-electron chi connectivity index (χ1n) is 8.76. The Balaban J connectivity index is 2.23. The number of aryl methyl sites for hydroxylation is 1. The smallest absolute Gasteiger partial charge is 0.0781 e. The number of benzene rings is 3. The van der Waals surface area contributed by atoms with Crippen molar-refractivity contribution in [1.29, 1.82) is 0 Å². The summed E-state index contributed by atoms with van der Waals surface area (Å²) in [6, 6.07) is 27.4. The molecule has 0 aromatic heterocycles. The Morgan fingerprint density at radius 1 is 0.720 bits per heavy atom. The molecule has 1 heteroatoms. The maximum Gasteiger partial charge on any atom is 0.0781 e. The molecule has 0 saturated heterocycles. The van der Waals surface area contributed by atoms with Crippen LogP contribution in [0.3, 0.4) is 0 Å². The molecule has 0 radical (unpaired) electrons. The van der Waals surface area contributed by atoms with Crippen LogP contribution in [0, 0.1) is 6.92 Å². The quantitative estimate of drug-likeness (QED) is 0.489. The second-order valence-corrected chi connectivity index (χ2v) is 7.46. The molecule has 126 valence electrons. The Morgan fingerprint density at radius 2 is 1.24 bits per heavy atom. The standard InChI is InChI=1S/C24H25N/c1-18-15-16-21(24(2,3)4)22(17-18)25-23(19-11-7-5-8-12-19)20-13-9-6-10-14-20/h5-17H,1-4H3. The molecular weight excluding hydrogens is 302 g/mol. The van der Waals surface area contributed by atoms with Crippen molar-refractivity contribution in [3.05, 3.63) is 101 Å². The van der Waals surface area contributed by atoms with Crippen molar-refractivity contribution in [3.8, 4) is 0 Å². The third kappa shape index (κ3) is 4.06. The van der Waals surface area contributed by atoms with Crippen molar-refractivity contribution in [1.82, 2.24) is 0 Å². The largest absolute Gasteiger partial charge is 0.247 e. The van der Waals surface area contributed by atoms with Crippen LogP contribution in [-0.4, -0.2) is 5.71 Å². The van der Waals surface area contributed by atoms with Crippen LogP contribution >= 0.6 is 0 Å². The van der Waals surface area contributed by atoms with E-state index in [1.165, 1.54) is 11.1 Å². The summed E-state index contributed by atoms with van der Waals surface area (Å²) in [5.74, 6) is 0. The van der Waals surface area contributed by atoms with Gasteiger partial charge in [0, 0.05) is 11.1 Å².